The van der Waals surface area contributed by atoms with Gasteiger partial charge >= 0.3 is 0 Å². The zero-order valence-electron chi connectivity index (χ0n) is 19.6. The van der Waals surface area contributed by atoms with Gasteiger partial charge in [-0.05, 0) is 59.0 Å². The Kier molecular flexibility index (Phi) is 4.44. The van der Waals surface area contributed by atoms with E-state index in [0.29, 0.717) is 16.8 Å². The summed E-state index contributed by atoms with van der Waals surface area (Å²) < 4.78 is 33.3. The molecule has 0 saturated heterocycles. The molecule has 0 amide bonds. The summed E-state index contributed by atoms with van der Waals surface area (Å²) in [6.07, 6.45) is -0.134. The van der Waals surface area contributed by atoms with E-state index in [-0.39, 0.29) is 5.82 Å². The summed E-state index contributed by atoms with van der Waals surface area (Å²) in [4.78, 5) is 4.63. The van der Waals surface area contributed by atoms with Gasteiger partial charge in [-0.2, -0.15) is 0 Å². The van der Waals surface area contributed by atoms with Crippen LogP contribution in [-0.4, -0.2) is 4.98 Å². The fraction of sp³-hybridized carbons (Fsp3) is 0.0333. The van der Waals surface area contributed by atoms with Gasteiger partial charge in [0.15, 0.2) is 0 Å². The fourth-order valence-electron chi connectivity index (χ4n) is 4.24. The van der Waals surface area contributed by atoms with E-state index in [1.54, 1.807) is 23.6 Å². The van der Waals surface area contributed by atoms with Crippen molar-refractivity contribution in [3.63, 3.8) is 0 Å². The molecule has 0 fully saturated rings. The summed E-state index contributed by atoms with van der Waals surface area (Å²) in [5.41, 5.74) is 4.89. The molecule has 0 N–H and O–H groups in total. The predicted octanol–water partition coefficient (Wildman–Crippen LogP) is 8.51. The monoisotopic (exact) mass is 447 g/mol. The maximum atomic E-state index is 13.4. The molecule has 4 aromatic carbocycles. The number of rotatable bonds is 4. The zero-order chi connectivity index (χ0) is 24.0. The minimum atomic E-state index is -1.78. The number of nitrogens with zero attached hydrogens (tertiary/aromatic N) is 1. The molecule has 0 aliphatic carbocycles. The van der Waals surface area contributed by atoms with Crippen molar-refractivity contribution in [2.45, 2.75) is 6.37 Å². The van der Waals surface area contributed by atoms with Gasteiger partial charge in [0, 0.05) is 34.7 Å². The van der Waals surface area contributed by atoms with Gasteiger partial charge in [-0.3, -0.25) is 4.98 Å². The first-order valence-electron chi connectivity index (χ1n) is 11.7. The van der Waals surface area contributed by atoms with Crippen molar-refractivity contribution in [1.82, 2.24) is 4.98 Å². The van der Waals surface area contributed by atoms with Crippen LogP contribution in [0.25, 0.3) is 42.6 Å². The lowest BCUT2D eigenvalue weighted by Crippen LogP contribution is -1.92. The van der Waals surface area contributed by atoms with Crippen LogP contribution in [0, 0.1) is 5.82 Å². The van der Waals surface area contributed by atoms with Crippen LogP contribution in [0.4, 0.5) is 4.39 Å². The fourth-order valence-corrected chi connectivity index (χ4v) is 5.49. The molecular weight excluding hydrogens is 425 g/mol. The highest BCUT2D eigenvalue weighted by atomic mass is 32.1. The lowest BCUT2D eigenvalue weighted by Gasteiger charge is -2.10. The molecule has 6 aromatic rings. The third-order valence-corrected chi connectivity index (χ3v) is 6.98. The maximum Gasteiger partial charge on any atom is 0.123 e. The van der Waals surface area contributed by atoms with Gasteiger partial charge in [-0.25, -0.2) is 4.39 Å². The molecule has 0 bridgehead atoms. The molecule has 0 saturated carbocycles. The molecule has 1 nitrogen and oxygen atoms in total. The molecule has 3 heteroatoms. The first-order chi connectivity index (χ1) is 17.0. The van der Waals surface area contributed by atoms with Gasteiger partial charge < -0.3 is 0 Å². The molecule has 0 radical (unpaired) electrons. The van der Waals surface area contributed by atoms with E-state index in [1.807, 2.05) is 24.3 Å². The van der Waals surface area contributed by atoms with Crippen LogP contribution in [-0.2, 0) is 6.37 Å². The van der Waals surface area contributed by atoms with Gasteiger partial charge in [0.1, 0.15) is 5.82 Å². The lowest BCUT2D eigenvalue weighted by molar-refractivity contribution is 0.627. The first-order valence-corrected chi connectivity index (χ1v) is 11.6. The molecule has 158 valence electrons. The number of fused-ring (bicyclic) bond motifs is 3. The van der Waals surface area contributed by atoms with Gasteiger partial charge in [0.05, 0.1) is 5.69 Å². The number of pyridine rings is 1. The topological polar surface area (TPSA) is 12.9 Å². The molecule has 6 rings (SSSR count). The van der Waals surface area contributed by atoms with Crippen molar-refractivity contribution >= 4 is 31.5 Å². The highest BCUT2D eigenvalue weighted by Crippen LogP contribution is 2.44. The van der Waals surface area contributed by atoms with Gasteiger partial charge in [0.2, 0.25) is 0 Å². The second kappa shape index (κ2) is 8.27. The number of hydrogen-bond acceptors (Lipinski definition) is 2. The largest absolute Gasteiger partial charge is 0.256 e. The molecule has 0 aliphatic rings. The standard InChI is InChI=1S/C30H20FNS/c31-23-12-10-20(11-13-23)18-21-16-17-32-27(19-21)25-15-14-24(22-6-2-1-3-7-22)29-26-8-4-5-9-28(26)33-30(25)29/h1-17,19H,18H2/i18D2. The van der Waals surface area contributed by atoms with Crippen LogP contribution in [0.15, 0.2) is 109 Å². The Labute approximate surface area is 198 Å². The summed E-state index contributed by atoms with van der Waals surface area (Å²) in [5.74, 6) is -0.384. The Morgan fingerprint density at radius 2 is 1.52 bits per heavy atom. The SMILES string of the molecule is [2H]C([2H])(c1ccc(F)cc1)c1ccnc(-c2ccc(-c3ccccc3)c3c2sc2ccccc23)c1. The van der Waals surface area contributed by atoms with Crippen molar-refractivity contribution in [1.29, 1.82) is 0 Å². The zero-order valence-corrected chi connectivity index (χ0v) is 18.4. The quantitative estimate of drug-likeness (QED) is 0.264. The van der Waals surface area contributed by atoms with Crippen LogP contribution in [0.1, 0.15) is 13.9 Å². The Hall–Kier alpha value is -3.82. The predicted molar refractivity (Wildman–Crippen MR) is 137 cm³/mol. The number of hydrogen-bond donors (Lipinski definition) is 0. The molecule has 0 atom stereocenters. The second-order valence-electron chi connectivity index (χ2n) is 7.89. The van der Waals surface area contributed by atoms with Crippen molar-refractivity contribution in [2.75, 3.05) is 0 Å². The summed E-state index contributed by atoms with van der Waals surface area (Å²) in [6.45, 7) is 0. The van der Waals surface area contributed by atoms with E-state index in [2.05, 4.69) is 53.5 Å². The van der Waals surface area contributed by atoms with Crippen molar-refractivity contribution in [2.24, 2.45) is 0 Å². The Morgan fingerprint density at radius 1 is 0.758 bits per heavy atom. The van der Waals surface area contributed by atoms with E-state index in [4.69, 9.17) is 2.74 Å². The molecule has 2 aromatic heterocycles. The van der Waals surface area contributed by atoms with Crippen molar-refractivity contribution in [3.8, 4) is 22.4 Å². The number of benzene rings is 4. The molecule has 0 aliphatic heterocycles. The lowest BCUT2D eigenvalue weighted by atomic mass is 9.95. The van der Waals surface area contributed by atoms with Crippen LogP contribution in [0.5, 0.6) is 0 Å². The normalized spacial score (nSPS) is 12.6. The van der Waals surface area contributed by atoms with Gasteiger partial charge in [-0.15, -0.1) is 11.3 Å². The van der Waals surface area contributed by atoms with E-state index in [0.717, 1.165) is 15.8 Å². The molecule has 2 heterocycles. The van der Waals surface area contributed by atoms with Crippen LogP contribution in [0.2, 0.25) is 0 Å². The Balaban J connectivity index is 1.56. The second-order valence-corrected chi connectivity index (χ2v) is 8.94. The van der Waals surface area contributed by atoms with Crippen LogP contribution in [0.3, 0.4) is 0 Å². The summed E-state index contributed by atoms with van der Waals surface area (Å²) in [7, 11) is 0. The van der Waals surface area contributed by atoms with E-state index >= 15 is 0 Å². The maximum absolute atomic E-state index is 13.4. The Bertz CT molecular complexity index is 1670. The van der Waals surface area contributed by atoms with E-state index in [1.165, 1.54) is 45.3 Å². The van der Waals surface area contributed by atoms with Gasteiger partial charge in [-0.1, -0.05) is 72.8 Å². The number of thiophene rings is 1. The average molecular weight is 448 g/mol. The van der Waals surface area contributed by atoms with Gasteiger partial charge in [0.25, 0.3) is 0 Å². The third kappa shape index (κ3) is 3.71. The summed E-state index contributed by atoms with van der Waals surface area (Å²) in [5, 5.41) is 2.38. The summed E-state index contributed by atoms with van der Waals surface area (Å²) in [6, 6.07) is 32.0. The van der Waals surface area contributed by atoms with E-state index in [9.17, 15) is 4.39 Å². The highest BCUT2D eigenvalue weighted by Gasteiger charge is 2.16. The Morgan fingerprint density at radius 3 is 2.36 bits per heavy atom. The van der Waals surface area contributed by atoms with Crippen LogP contribution < -0.4 is 0 Å². The number of aromatic nitrogens is 1. The molecule has 0 spiro atoms. The summed E-state index contributed by atoms with van der Waals surface area (Å²) >= 11 is 1.73. The van der Waals surface area contributed by atoms with Crippen LogP contribution >= 0.6 is 11.3 Å². The van der Waals surface area contributed by atoms with Crippen molar-refractivity contribution < 1.29 is 7.13 Å². The molecule has 33 heavy (non-hydrogen) atoms. The average Bonchev–Trinajstić information content (AvgIpc) is 3.29. The molecule has 0 unspecified atom stereocenters. The molecular formula is C30H20FNS. The number of halogens is 1. The minimum Gasteiger partial charge on any atom is -0.256 e. The smallest absolute Gasteiger partial charge is 0.123 e. The van der Waals surface area contributed by atoms with Crippen molar-refractivity contribution in [3.05, 3.63) is 126 Å². The first kappa shape index (κ1) is 17.7. The minimum absolute atomic E-state index is 0.384. The highest BCUT2D eigenvalue weighted by molar-refractivity contribution is 7.26. The third-order valence-electron chi connectivity index (χ3n) is 5.78. The van der Waals surface area contributed by atoms with E-state index < -0.39 is 6.37 Å².